The third-order valence-corrected chi connectivity index (χ3v) is 2.65. The summed E-state index contributed by atoms with van der Waals surface area (Å²) in [5.41, 5.74) is -0.0523. The lowest BCUT2D eigenvalue weighted by Gasteiger charge is -2.27. The number of carboxylic acids is 1. The summed E-state index contributed by atoms with van der Waals surface area (Å²) in [5.74, 6) is -1.43. The molecule has 0 aromatic heterocycles. The van der Waals surface area contributed by atoms with Gasteiger partial charge in [0.25, 0.3) is 5.91 Å². The van der Waals surface area contributed by atoms with Crippen LogP contribution in [0.15, 0.2) is 0 Å². The van der Waals surface area contributed by atoms with Crippen LogP contribution in [0.1, 0.15) is 27.7 Å². The van der Waals surface area contributed by atoms with E-state index in [0.29, 0.717) is 0 Å². The molecule has 0 saturated carbocycles. The minimum Gasteiger partial charge on any atom is -0.479 e. The maximum Gasteiger partial charge on any atom is 0.336 e. The van der Waals surface area contributed by atoms with Gasteiger partial charge in [-0.05, 0) is 26.4 Å². The molecule has 0 aliphatic carbocycles. The van der Waals surface area contributed by atoms with E-state index in [2.05, 4.69) is 10.6 Å². The van der Waals surface area contributed by atoms with Crippen molar-refractivity contribution in [1.82, 2.24) is 10.6 Å². The summed E-state index contributed by atoms with van der Waals surface area (Å²) in [6.07, 6.45) is -1.77. The second kappa shape index (κ2) is 6.70. The van der Waals surface area contributed by atoms with Gasteiger partial charge in [0, 0.05) is 6.04 Å². The van der Waals surface area contributed by atoms with E-state index in [4.69, 9.17) is 9.84 Å². The van der Waals surface area contributed by atoms with Gasteiger partial charge in [-0.3, -0.25) is 4.79 Å². The molecule has 1 amide bonds. The quantitative estimate of drug-likeness (QED) is 0.632. The first-order chi connectivity index (χ1) is 8.15. The molecule has 0 aromatic rings. The van der Waals surface area contributed by atoms with E-state index in [-0.39, 0.29) is 17.4 Å². The third-order valence-electron chi connectivity index (χ3n) is 2.65. The molecule has 3 N–H and O–H groups in total. The van der Waals surface area contributed by atoms with Crippen LogP contribution >= 0.6 is 0 Å². The van der Waals surface area contributed by atoms with Crippen LogP contribution in [0.5, 0.6) is 0 Å². The number of amides is 1. The molecule has 0 radical (unpaired) electrons. The molecule has 1 heterocycles. The SMILES string of the molecule is CC(NC(=O)C1OC1C(=O)O)C(C)(C)C.CNC. The van der Waals surface area contributed by atoms with E-state index in [1.54, 1.807) is 0 Å². The molecule has 1 saturated heterocycles. The van der Waals surface area contributed by atoms with Gasteiger partial charge < -0.3 is 20.5 Å². The average Bonchev–Trinajstić information content (AvgIpc) is 2.96. The number of carbonyl (C=O) groups is 2. The standard InChI is InChI=1S/C10H17NO4.C2H7N/c1-5(10(2,3)4)11-8(12)6-7(15-6)9(13)14;1-3-2/h5-7H,1-4H3,(H,11,12)(H,13,14);3H,1-2H3. The largest absolute Gasteiger partial charge is 0.479 e. The van der Waals surface area contributed by atoms with E-state index < -0.39 is 18.2 Å². The molecular weight excluding hydrogens is 236 g/mol. The van der Waals surface area contributed by atoms with Crippen LogP contribution < -0.4 is 10.6 Å². The fourth-order valence-corrected chi connectivity index (χ4v) is 1.01. The van der Waals surface area contributed by atoms with Gasteiger partial charge in [-0.15, -0.1) is 0 Å². The summed E-state index contributed by atoms with van der Waals surface area (Å²) < 4.78 is 4.74. The van der Waals surface area contributed by atoms with Crippen molar-refractivity contribution in [3.63, 3.8) is 0 Å². The predicted molar refractivity (Wildman–Crippen MR) is 68.3 cm³/mol. The first-order valence-corrected chi connectivity index (χ1v) is 5.92. The van der Waals surface area contributed by atoms with Gasteiger partial charge in [-0.25, -0.2) is 4.79 Å². The van der Waals surface area contributed by atoms with Crippen LogP contribution in [-0.2, 0) is 14.3 Å². The number of carboxylic acid groups (broad SMARTS) is 1. The average molecular weight is 260 g/mol. The van der Waals surface area contributed by atoms with Gasteiger partial charge in [0.05, 0.1) is 0 Å². The molecule has 0 bridgehead atoms. The van der Waals surface area contributed by atoms with Gasteiger partial charge in [0.2, 0.25) is 0 Å². The Hall–Kier alpha value is -1.14. The maximum atomic E-state index is 11.5. The molecule has 18 heavy (non-hydrogen) atoms. The molecule has 106 valence electrons. The molecule has 1 fully saturated rings. The Kier molecular flexibility index (Phi) is 6.28. The van der Waals surface area contributed by atoms with Crippen molar-refractivity contribution in [3.8, 4) is 0 Å². The zero-order chi connectivity index (χ0) is 14.5. The minimum atomic E-state index is -1.08. The van der Waals surface area contributed by atoms with Gasteiger partial charge >= 0.3 is 5.97 Å². The van der Waals surface area contributed by atoms with Crippen LogP contribution in [0.4, 0.5) is 0 Å². The second-order valence-electron chi connectivity index (χ2n) is 5.41. The molecule has 3 atom stereocenters. The zero-order valence-electron chi connectivity index (χ0n) is 11.9. The highest BCUT2D eigenvalue weighted by Crippen LogP contribution is 2.24. The number of hydrogen-bond donors (Lipinski definition) is 3. The Bertz CT molecular complexity index is 299. The van der Waals surface area contributed by atoms with E-state index in [1.165, 1.54) is 0 Å². The van der Waals surface area contributed by atoms with Crippen molar-refractivity contribution in [2.75, 3.05) is 14.1 Å². The molecular formula is C12H24N2O4. The van der Waals surface area contributed by atoms with E-state index in [1.807, 2.05) is 41.8 Å². The van der Waals surface area contributed by atoms with Crippen LogP contribution in [0.2, 0.25) is 0 Å². The highest BCUT2D eigenvalue weighted by molar-refractivity contribution is 5.92. The van der Waals surface area contributed by atoms with Crippen molar-refractivity contribution in [1.29, 1.82) is 0 Å². The molecule has 1 rings (SSSR count). The Morgan fingerprint density at radius 1 is 1.22 bits per heavy atom. The molecule has 1 aliphatic heterocycles. The molecule has 1 aliphatic rings. The molecule has 0 aromatic carbocycles. The number of rotatable bonds is 3. The Morgan fingerprint density at radius 2 is 1.67 bits per heavy atom. The van der Waals surface area contributed by atoms with E-state index in [0.717, 1.165) is 0 Å². The van der Waals surface area contributed by atoms with Crippen LogP contribution in [0, 0.1) is 5.41 Å². The van der Waals surface area contributed by atoms with Gasteiger partial charge in [0.15, 0.2) is 12.2 Å². The van der Waals surface area contributed by atoms with Crippen molar-refractivity contribution in [2.24, 2.45) is 5.41 Å². The number of nitrogens with one attached hydrogen (secondary N) is 2. The lowest BCUT2D eigenvalue weighted by atomic mass is 9.88. The van der Waals surface area contributed by atoms with Crippen LogP contribution in [0.3, 0.4) is 0 Å². The Labute approximate surface area is 108 Å². The van der Waals surface area contributed by atoms with Gasteiger partial charge in [-0.1, -0.05) is 20.8 Å². The topological polar surface area (TPSA) is 91.0 Å². The van der Waals surface area contributed by atoms with Gasteiger partial charge in [-0.2, -0.15) is 0 Å². The van der Waals surface area contributed by atoms with E-state index >= 15 is 0 Å². The monoisotopic (exact) mass is 260 g/mol. The maximum absolute atomic E-state index is 11.5. The fourth-order valence-electron chi connectivity index (χ4n) is 1.01. The number of aliphatic carboxylic acids is 1. The highest BCUT2D eigenvalue weighted by atomic mass is 16.6. The molecule has 6 heteroatoms. The van der Waals surface area contributed by atoms with Gasteiger partial charge in [0.1, 0.15) is 0 Å². The summed E-state index contributed by atoms with van der Waals surface area (Å²) in [5, 5.41) is 14.1. The number of carbonyl (C=O) groups excluding carboxylic acids is 1. The Morgan fingerprint density at radius 3 is 1.94 bits per heavy atom. The number of ether oxygens (including phenoxy) is 1. The summed E-state index contributed by atoms with van der Waals surface area (Å²) in [6.45, 7) is 7.89. The van der Waals surface area contributed by atoms with Crippen molar-refractivity contribution < 1.29 is 19.4 Å². The molecule has 6 nitrogen and oxygen atoms in total. The number of epoxide rings is 1. The number of hydrogen-bond acceptors (Lipinski definition) is 4. The van der Waals surface area contributed by atoms with Crippen molar-refractivity contribution in [3.05, 3.63) is 0 Å². The lowest BCUT2D eigenvalue weighted by Crippen LogP contribution is -2.44. The third kappa shape index (κ3) is 5.46. The van der Waals surface area contributed by atoms with E-state index in [9.17, 15) is 9.59 Å². The smallest absolute Gasteiger partial charge is 0.336 e. The van der Waals surface area contributed by atoms with Crippen molar-refractivity contribution >= 4 is 11.9 Å². The fraction of sp³-hybridized carbons (Fsp3) is 0.833. The highest BCUT2D eigenvalue weighted by Gasteiger charge is 2.51. The summed E-state index contributed by atoms with van der Waals surface area (Å²) >= 11 is 0. The Balaban J connectivity index is 0.000000873. The first kappa shape index (κ1) is 16.9. The molecule has 0 spiro atoms. The lowest BCUT2D eigenvalue weighted by molar-refractivity contribution is -0.138. The zero-order valence-corrected chi connectivity index (χ0v) is 11.9. The first-order valence-electron chi connectivity index (χ1n) is 5.92. The predicted octanol–water partition coefficient (Wildman–Crippen LogP) is 0.225. The summed E-state index contributed by atoms with van der Waals surface area (Å²) in [6, 6.07) is -0.0244. The summed E-state index contributed by atoms with van der Waals surface area (Å²) in [7, 11) is 3.75. The second-order valence-corrected chi connectivity index (χ2v) is 5.41. The van der Waals surface area contributed by atoms with Crippen LogP contribution in [-0.4, -0.2) is 49.3 Å². The summed E-state index contributed by atoms with van der Waals surface area (Å²) in [4.78, 5) is 21.9. The normalized spacial score (nSPS) is 23.4. The van der Waals surface area contributed by atoms with Crippen LogP contribution in [0.25, 0.3) is 0 Å². The molecule has 3 unspecified atom stereocenters. The minimum absolute atomic E-state index is 0.0244. The van der Waals surface area contributed by atoms with Crippen molar-refractivity contribution in [2.45, 2.75) is 45.9 Å².